The maximum absolute atomic E-state index is 12.7. The molecule has 7 nitrogen and oxygen atoms in total. The van der Waals surface area contributed by atoms with Crippen molar-refractivity contribution in [1.29, 1.82) is 0 Å². The Kier molecular flexibility index (Phi) is 8.54. The van der Waals surface area contributed by atoms with Gasteiger partial charge in [-0.15, -0.1) is 0 Å². The van der Waals surface area contributed by atoms with Crippen LogP contribution in [0.2, 0.25) is 0 Å². The Labute approximate surface area is 174 Å². The van der Waals surface area contributed by atoms with E-state index in [4.69, 9.17) is 10.5 Å². The van der Waals surface area contributed by atoms with Crippen molar-refractivity contribution < 1.29 is 19.1 Å². The number of carbonyl (C=O) groups excluding carboxylic acids is 3. The van der Waals surface area contributed by atoms with E-state index in [1.807, 2.05) is 24.5 Å². The van der Waals surface area contributed by atoms with Crippen LogP contribution in [0.25, 0.3) is 0 Å². The summed E-state index contributed by atoms with van der Waals surface area (Å²) in [6, 6.07) is 13.1. The number of hydrogen-bond donors (Lipinski definition) is 3. The minimum Gasteiger partial charge on any atom is -0.484 e. The maximum Gasteiger partial charge on any atom is 0.258 e. The topological polar surface area (TPSA) is 111 Å². The van der Waals surface area contributed by atoms with Crippen LogP contribution in [0.15, 0.2) is 48.5 Å². The van der Waals surface area contributed by atoms with Gasteiger partial charge >= 0.3 is 0 Å². The van der Waals surface area contributed by atoms with Gasteiger partial charge in [-0.2, -0.15) is 11.8 Å². The van der Waals surface area contributed by atoms with Gasteiger partial charge in [0.05, 0.1) is 0 Å². The second kappa shape index (κ2) is 11.1. The van der Waals surface area contributed by atoms with E-state index in [2.05, 4.69) is 10.6 Å². The highest BCUT2D eigenvalue weighted by molar-refractivity contribution is 7.98. The Balaban J connectivity index is 1.98. The predicted molar refractivity (Wildman–Crippen MR) is 115 cm³/mol. The molecule has 0 saturated heterocycles. The molecule has 3 amide bonds. The lowest BCUT2D eigenvalue weighted by atomic mass is 10.1. The number of ether oxygens (including phenoxy) is 1. The van der Waals surface area contributed by atoms with Crippen LogP contribution >= 0.6 is 11.8 Å². The van der Waals surface area contributed by atoms with Gasteiger partial charge in [0.2, 0.25) is 11.8 Å². The van der Waals surface area contributed by atoms with Crippen molar-refractivity contribution in [3.63, 3.8) is 0 Å². The van der Waals surface area contributed by atoms with Crippen LogP contribution < -0.4 is 21.1 Å². The zero-order chi connectivity index (χ0) is 21.2. The van der Waals surface area contributed by atoms with Crippen molar-refractivity contribution in [2.45, 2.75) is 19.4 Å². The number of nitrogens with two attached hydrogens (primary N) is 1. The van der Waals surface area contributed by atoms with Gasteiger partial charge in [0.15, 0.2) is 6.61 Å². The van der Waals surface area contributed by atoms with Crippen LogP contribution in [0, 0.1) is 6.92 Å². The average Bonchev–Trinajstić information content (AvgIpc) is 2.70. The maximum atomic E-state index is 12.7. The Morgan fingerprint density at radius 2 is 1.86 bits per heavy atom. The van der Waals surface area contributed by atoms with Gasteiger partial charge in [0.1, 0.15) is 11.8 Å². The Morgan fingerprint density at radius 3 is 2.48 bits per heavy atom. The standard InChI is InChI=1S/C21H25N3O4S/c1-14-12-15(8-9-17(14)20(22)26)23-21(27)18(10-11-29-2)24-19(25)13-28-16-6-4-3-5-7-16/h3-9,12,18H,10-11,13H2,1-2H3,(H2,22,26)(H,23,27)(H,24,25). The number of nitrogens with one attached hydrogen (secondary N) is 2. The Morgan fingerprint density at radius 1 is 1.14 bits per heavy atom. The van der Waals surface area contributed by atoms with E-state index in [0.29, 0.717) is 34.7 Å². The molecule has 0 aromatic heterocycles. The van der Waals surface area contributed by atoms with Crippen LogP contribution in [-0.4, -0.2) is 42.4 Å². The van der Waals surface area contributed by atoms with Crippen molar-refractivity contribution >= 4 is 35.2 Å². The van der Waals surface area contributed by atoms with Gasteiger partial charge in [-0.1, -0.05) is 18.2 Å². The molecule has 0 spiro atoms. The molecule has 154 valence electrons. The summed E-state index contributed by atoms with van der Waals surface area (Å²) in [5.41, 5.74) is 6.90. The number of rotatable bonds is 10. The quantitative estimate of drug-likeness (QED) is 0.552. The molecule has 2 aromatic carbocycles. The molecule has 2 aromatic rings. The normalized spacial score (nSPS) is 11.4. The van der Waals surface area contributed by atoms with E-state index < -0.39 is 11.9 Å². The molecular weight excluding hydrogens is 390 g/mol. The highest BCUT2D eigenvalue weighted by Crippen LogP contribution is 2.16. The molecule has 0 bridgehead atoms. The molecule has 0 aliphatic rings. The largest absolute Gasteiger partial charge is 0.484 e. The van der Waals surface area contributed by atoms with E-state index in [1.54, 1.807) is 49.0 Å². The van der Waals surface area contributed by atoms with Crippen LogP contribution in [0.3, 0.4) is 0 Å². The van der Waals surface area contributed by atoms with Gasteiger partial charge < -0.3 is 21.1 Å². The Bertz CT molecular complexity index is 858. The smallest absolute Gasteiger partial charge is 0.258 e. The lowest BCUT2D eigenvalue weighted by Gasteiger charge is -2.19. The zero-order valence-corrected chi connectivity index (χ0v) is 17.3. The first-order chi connectivity index (χ1) is 13.9. The third-order valence-corrected chi connectivity index (χ3v) is 4.78. The molecule has 1 atom stereocenters. The number of benzene rings is 2. The molecule has 1 unspecified atom stereocenters. The summed E-state index contributed by atoms with van der Waals surface area (Å²) in [6.45, 7) is 1.56. The van der Waals surface area contributed by atoms with Crippen molar-refractivity contribution in [2.24, 2.45) is 5.73 Å². The van der Waals surface area contributed by atoms with Crippen LogP contribution in [0.1, 0.15) is 22.3 Å². The summed E-state index contributed by atoms with van der Waals surface area (Å²) < 4.78 is 5.43. The molecule has 0 radical (unpaired) electrons. The first-order valence-corrected chi connectivity index (χ1v) is 10.5. The van der Waals surface area contributed by atoms with E-state index in [0.717, 1.165) is 0 Å². The van der Waals surface area contributed by atoms with Crippen molar-refractivity contribution in [3.05, 3.63) is 59.7 Å². The van der Waals surface area contributed by atoms with Gasteiger partial charge in [0, 0.05) is 11.3 Å². The first-order valence-electron chi connectivity index (χ1n) is 9.08. The predicted octanol–water partition coefficient (Wildman–Crippen LogP) is 2.35. The Hall–Kier alpha value is -3.00. The highest BCUT2D eigenvalue weighted by Gasteiger charge is 2.21. The summed E-state index contributed by atoms with van der Waals surface area (Å²) >= 11 is 1.58. The summed E-state index contributed by atoms with van der Waals surface area (Å²) in [5.74, 6) is 0.0489. The molecular formula is C21H25N3O4S. The second-order valence-corrected chi connectivity index (χ2v) is 7.37. The fourth-order valence-electron chi connectivity index (χ4n) is 2.65. The first kappa shape index (κ1) is 22.3. The van der Waals surface area contributed by atoms with E-state index in [1.165, 1.54) is 0 Å². The third-order valence-electron chi connectivity index (χ3n) is 4.13. The monoisotopic (exact) mass is 415 g/mol. The molecule has 29 heavy (non-hydrogen) atoms. The lowest BCUT2D eigenvalue weighted by Crippen LogP contribution is -2.45. The number of primary amides is 1. The minimum absolute atomic E-state index is 0.181. The molecule has 2 rings (SSSR count). The lowest BCUT2D eigenvalue weighted by molar-refractivity contribution is -0.127. The van der Waals surface area contributed by atoms with Gasteiger partial charge in [-0.25, -0.2) is 0 Å². The van der Waals surface area contributed by atoms with Crippen molar-refractivity contribution in [1.82, 2.24) is 5.32 Å². The number of thioether (sulfide) groups is 1. The number of para-hydroxylation sites is 1. The molecule has 0 heterocycles. The molecule has 0 aliphatic carbocycles. The molecule has 8 heteroatoms. The summed E-state index contributed by atoms with van der Waals surface area (Å²) in [5, 5.41) is 5.50. The molecule has 0 saturated carbocycles. The van der Waals surface area contributed by atoms with Crippen molar-refractivity contribution in [2.75, 3.05) is 23.9 Å². The van der Waals surface area contributed by atoms with E-state index >= 15 is 0 Å². The fraction of sp³-hybridized carbons (Fsp3) is 0.286. The number of anilines is 1. The van der Waals surface area contributed by atoms with Gasteiger partial charge in [0.25, 0.3) is 5.91 Å². The number of aryl methyl sites for hydroxylation is 1. The SMILES string of the molecule is CSCCC(NC(=O)COc1ccccc1)C(=O)Nc1ccc(C(N)=O)c(C)c1. The minimum atomic E-state index is -0.703. The van der Waals surface area contributed by atoms with Crippen LogP contribution in [-0.2, 0) is 9.59 Å². The molecule has 0 aliphatic heterocycles. The van der Waals surface area contributed by atoms with E-state index in [-0.39, 0.29) is 18.4 Å². The average molecular weight is 416 g/mol. The van der Waals surface area contributed by atoms with Crippen LogP contribution in [0.4, 0.5) is 5.69 Å². The summed E-state index contributed by atoms with van der Waals surface area (Å²) in [7, 11) is 0. The van der Waals surface area contributed by atoms with Crippen molar-refractivity contribution in [3.8, 4) is 5.75 Å². The molecule has 4 N–H and O–H groups in total. The third kappa shape index (κ3) is 7.15. The summed E-state index contributed by atoms with van der Waals surface area (Å²) in [6.07, 6.45) is 2.41. The van der Waals surface area contributed by atoms with E-state index in [9.17, 15) is 14.4 Å². The van der Waals surface area contributed by atoms with Gasteiger partial charge in [-0.05, 0) is 61.2 Å². The van der Waals surface area contributed by atoms with Crippen LogP contribution in [0.5, 0.6) is 5.75 Å². The molecule has 0 fully saturated rings. The fourth-order valence-corrected chi connectivity index (χ4v) is 3.12. The zero-order valence-electron chi connectivity index (χ0n) is 16.4. The number of carbonyl (C=O) groups is 3. The number of hydrogen-bond acceptors (Lipinski definition) is 5. The highest BCUT2D eigenvalue weighted by atomic mass is 32.2. The number of amides is 3. The van der Waals surface area contributed by atoms with Gasteiger partial charge in [-0.3, -0.25) is 14.4 Å². The summed E-state index contributed by atoms with van der Waals surface area (Å²) in [4.78, 5) is 36.3. The second-order valence-electron chi connectivity index (χ2n) is 6.39.